The predicted molar refractivity (Wildman–Crippen MR) is 99.2 cm³/mol. The van der Waals surface area contributed by atoms with E-state index in [-0.39, 0.29) is 12.3 Å². The number of benzene rings is 2. The highest BCUT2D eigenvalue weighted by atomic mass is 16.1. The van der Waals surface area contributed by atoms with Crippen LogP contribution in [0.25, 0.3) is 5.69 Å². The number of hydrogen-bond acceptors (Lipinski definition) is 3. The molecule has 0 atom stereocenters. The van der Waals surface area contributed by atoms with E-state index < -0.39 is 0 Å². The smallest absolute Gasteiger partial charge is 0.183 e. The first-order chi connectivity index (χ1) is 12.1. The third kappa shape index (κ3) is 3.31. The molecule has 0 aliphatic rings. The van der Waals surface area contributed by atoms with Crippen molar-refractivity contribution in [1.29, 1.82) is 5.26 Å². The predicted octanol–water partition coefficient (Wildman–Crippen LogP) is 4.26. The highest BCUT2D eigenvalue weighted by Crippen LogP contribution is 2.21. The fraction of sp³-hybridized carbons (Fsp3) is 0.143. The first-order valence-corrected chi connectivity index (χ1v) is 8.12. The van der Waals surface area contributed by atoms with E-state index in [2.05, 4.69) is 16.0 Å². The van der Waals surface area contributed by atoms with Crippen LogP contribution in [0.15, 0.2) is 60.7 Å². The summed E-state index contributed by atoms with van der Waals surface area (Å²) in [5.41, 5.74) is 4.89. The molecular weight excluding hydrogens is 310 g/mol. The lowest BCUT2D eigenvalue weighted by Gasteiger charge is -2.10. The fourth-order valence-corrected chi connectivity index (χ4v) is 3.02. The maximum atomic E-state index is 12.7. The van der Waals surface area contributed by atoms with E-state index in [4.69, 9.17) is 5.26 Å². The average molecular weight is 329 g/mol. The van der Waals surface area contributed by atoms with Crippen molar-refractivity contribution in [3.8, 4) is 11.8 Å². The zero-order valence-corrected chi connectivity index (χ0v) is 14.3. The Balaban J connectivity index is 1.83. The Kier molecular flexibility index (Phi) is 4.67. The van der Waals surface area contributed by atoms with Gasteiger partial charge >= 0.3 is 0 Å². The molecule has 1 aromatic heterocycles. The summed E-state index contributed by atoms with van der Waals surface area (Å²) in [5.74, 6) is 0.00280. The lowest BCUT2D eigenvalue weighted by Crippen LogP contribution is -2.15. The van der Waals surface area contributed by atoms with Crippen molar-refractivity contribution in [3.05, 3.63) is 83.2 Å². The summed E-state index contributed by atoms with van der Waals surface area (Å²) in [6.07, 6.45) is 0. The summed E-state index contributed by atoms with van der Waals surface area (Å²) in [5, 5.41) is 12.2. The minimum Gasteiger partial charge on any atom is -0.377 e. The Labute approximate surface area is 147 Å². The van der Waals surface area contributed by atoms with Gasteiger partial charge in [0.25, 0.3) is 0 Å². The second-order valence-electron chi connectivity index (χ2n) is 5.89. The van der Waals surface area contributed by atoms with E-state index in [0.29, 0.717) is 16.8 Å². The van der Waals surface area contributed by atoms with Crippen LogP contribution >= 0.6 is 0 Å². The number of nitriles is 1. The van der Waals surface area contributed by atoms with E-state index >= 15 is 0 Å². The van der Waals surface area contributed by atoms with Crippen molar-refractivity contribution in [1.82, 2.24) is 4.57 Å². The number of anilines is 1. The Hall–Kier alpha value is -3.32. The van der Waals surface area contributed by atoms with Crippen molar-refractivity contribution < 1.29 is 4.79 Å². The molecule has 0 saturated carbocycles. The summed E-state index contributed by atoms with van der Waals surface area (Å²) < 4.78 is 2.08. The molecule has 0 radical (unpaired) electrons. The van der Waals surface area contributed by atoms with Gasteiger partial charge in [0.1, 0.15) is 6.07 Å². The van der Waals surface area contributed by atoms with Crippen LogP contribution < -0.4 is 5.32 Å². The molecule has 0 amide bonds. The van der Waals surface area contributed by atoms with Crippen molar-refractivity contribution in [3.63, 3.8) is 0 Å². The number of carbonyl (C=O) groups is 1. The number of aryl methyl sites for hydroxylation is 1. The molecule has 3 aromatic rings. The lowest BCUT2D eigenvalue weighted by atomic mass is 10.1. The fourth-order valence-electron chi connectivity index (χ4n) is 3.02. The first kappa shape index (κ1) is 16.5. The molecule has 0 bridgehead atoms. The number of carbonyl (C=O) groups excluding carboxylic acids is 1. The molecule has 3 rings (SSSR count). The summed E-state index contributed by atoms with van der Waals surface area (Å²) in [7, 11) is 0. The van der Waals surface area contributed by atoms with Gasteiger partial charge in [-0.15, -0.1) is 0 Å². The number of nitrogens with one attached hydrogen (secondary N) is 1. The van der Waals surface area contributed by atoms with E-state index in [1.807, 2.05) is 56.3 Å². The molecule has 0 saturated heterocycles. The zero-order chi connectivity index (χ0) is 17.8. The Morgan fingerprint density at radius 3 is 2.48 bits per heavy atom. The van der Waals surface area contributed by atoms with Crippen molar-refractivity contribution in [2.24, 2.45) is 0 Å². The number of para-hydroxylation sites is 2. The normalized spacial score (nSPS) is 10.3. The average Bonchev–Trinajstić information content (AvgIpc) is 2.95. The van der Waals surface area contributed by atoms with Gasteiger partial charge in [-0.2, -0.15) is 5.26 Å². The maximum absolute atomic E-state index is 12.7. The number of Topliss-reactive ketones (excluding diaryl/α,β-unsaturated/α-hetero) is 1. The Morgan fingerprint density at radius 1 is 1.08 bits per heavy atom. The number of hydrogen-bond donors (Lipinski definition) is 1. The molecule has 0 aliphatic carbocycles. The van der Waals surface area contributed by atoms with Crippen LogP contribution in [-0.2, 0) is 0 Å². The molecule has 1 N–H and O–H groups in total. The standard InChI is InChI=1S/C21H19N3O/c1-15-12-19(16(2)24(15)18-9-4-3-5-10-18)21(25)14-23-20-11-7-6-8-17(20)13-22/h3-12,23H,14H2,1-2H3. The quantitative estimate of drug-likeness (QED) is 0.712. The van der Waals surface area contributed by atoms with Gasteiger partial charge in [0, 0.05) is 22.6 Å². The molecule has 25 heavy (non-hydrogen) atoms. The topological polar surface area (TPSA) is 57.8 Å². The number of ketones is 1. The van der Waals surface area contributed by atoms with Gasteiger partial charge < -0.3 is 9.88 Å². The number of rotatable bonds is 5. The monoisotopic (exact) mass is 329 g/mol. The van der Waals surface area contributed by atoms with E-state index in [1.54, 1.807) is 18.2 Å². The maximum Gasteiger partial charge on any atom is 0.183 e. The molecule has 0 unspecified atom stereocenters. The third-order valence-electron chi connectivity index (χ3n) is 4.23. The van der Waals surface area contributed by atoms with Crippen LogP contribution in [0.1, 0.15) is 27.3 Å². The molecule has 0 spiro atoms. The largest absolute Gasteiger partial charge is 0.377 e. The number of nitrogens with zero attached hydrogens (tertiary/aromatic N) is 2. The molecule has 0 fully saturated rings. The summed E-state index contributed by atoms with van der Waals surface area (Å²) in [6, 6.07) is 21.2. The van der Waals surface area contributed by atoms with Gasteiger partial charge in [0.15, 0.2) is 5.78 Å². The molecule has 2 aromatic carbocycles. The van der Waals surface area contributed by atoms with Crippen LogP contribution in [0.4, 0.5) is 5.69 Å². The van der Waals surface area contributed by atoms with Gasteiger partial charge in [-0.1, -0.05) is 30.3 Å². The van der Waals surface area contributed by atoms with E-state index in [9.17, 15) is 4.79 Å². The van der Waals surface area contributed by atoms with Crippen molar-refractivity contribution in [2.75, 3.05) is 11.9 Å². The van der Waals surface area contributed by atoms with Crippen LogP contribution in [0, 0.1) is 25.2 Å². The second-order valence-corrected chi connectivity index (χ2v) is 5.89. The Bertz CT molecular complexity index is 949. The highest BCUT2D eigenvalue weighted by molar-refractivity contribution is 6.00. The SMILES string of the molecule is Cc1cc(C(=O)CNc2ccccc2C#N)c(C)n1-c1ccccc1. The number of aromatic nitrogens is 1. The molecular formula is C21H19N3O. The minimum absolute atomic E-state index is 0.00280. The Morgan fingerprint density at radius 2 is 1.76 bits per heavy atom. The van der Waals surface area contributed by atoms with Gasteiger partial charge in [-0.3, -0.25) is 4.79 Å². The van der Waals surface area contributed by atoms with Crippen molar-refractivity contribution in [2.45, 2.75) is 13.8 Å². The van der Waals surface area contributed by atoms with Gasteiger partial charge in [-0.05, 0) is 44.2 Å². The molecule has 1 heterocycles. The molecule has 4 nitrogen and oxygen atoms in total. The molecule has 124 valence electrons. The first-order valence-electron chi connectivity index (χ1n) is 8.12. The van der Waals surface area contributed by atoms with Crippen LogP contribution in [0.3, 0.4) is 0 Å². The van der Waals surface area contributed by atoms with Gasteiger partial charge in [-0.25, -0.2) is 0 Å². The summed E-state index contributed by atoms with van der Waals surface area (Å²) in [6.45, 7) is 4.10. The van der Waals surface area contributed by atoms with Crippen LogP contribution in [-0.4, -0.2) is 16.9 Å². The third-order valence-corrected chi connectivity index (χ3v) is 4.23. The highest BCUT2D eigenvalue weighted by Gasteiger charge is 2.16. The molecule has 0 aliphatic heterocycles. The van der Waals surface area contributed by atoms with Crippen LogP contribution in [0.5, 0.6) is 0 Å². The van der Waals surface area contributed by atoms with Crippen molar-refractivity contribution >= 4 is 11.5 Å². The zero-order valence-electron chi connectivity index (χ0n) is 14.3. The summed E-state index contributed by atoms with van der Waals surface area (Å²) >= 11 is 0. The van der Waals surface area contributed by atoms with Gasteiger partial charge in [0.05, 0.1) is 17.8 Å². The van der Waals surface area contributed by atoms with E-state index in [1.165, 1.54) is 0 Å². The lowest BCUT2D eigenvalue weighted by molar-refractivity contribution is 0.101. The van der Waals surface area contributed by atoms with Gasteiger partial charge in [0.2, 0.25) is 0 Å². The van der Waals surface area contributed by atoms with Crippen LogP contribution in [0.2, 0.25) is 0 Å². The second kappa shape index (κ2) is 7.06. The minimum atomic E-state index is 0.00280. The summed E-state index contributed by atoms with van der Waals surface area (Å²) in [4.78, 5) is 12.7. The molecule has 4 heteroatoms. The van der Waals surface area contributed by atoms with E-state index in [0.717, 1.165) is 17.1 Å².